The van der Waals surface area contributed by atoms with Crippen molar-refractivity contribution in [3.8, 4) is 0 Å². The summed E-state index contributed by atoms with van der Waals surface area (Å²) in [6, 6.07) is 2.22. The monoisotopic (exact) mass is 287 g/mol. The van der Waals surface area contributed by atoms with E-state index in [1.807, 2.05) is 6.07 Å². The minimum atomic E-state index is -0.0127. The zero-order valence-electron chi connectivity index (χ0n) is 11.1. The first-order chi connectivity index (χ1) is 9.72. The number of thiophene rings is 1. The molecule has 1 amide bonds. The van der Waals surface area contributed by atoms with E-state index in [0.717, 1.165) is 22.4 Å². The Balaban J connectivity index is 1.59. The van der Waals surface area contributed by atoms with E-state index in [4.69, 9.17) is 5.73 Å². The van der Waals surface area contributed by atoms with E-state index in [9.17, 15) is 4.79 Å². The summed E-state index contributed by atoms with van der Waals surface area (Å²) in [5, 5.41) is 4.13. The maximum Gasteiger partial charge on any atom is 0.263 e. The van der Waals surface area contributed by atoms with E-state index >= 15 is 0 Å². The van der Waals surface area contributed by atoms with Crippen LogP contribution < -0.4 is 11.1 Å². The fourth-order valence-electron chi connectivity index (χ4n) is 3.80. The van der Waals surface area contributed by atoms with Gasteiger partial charge in [0.05, 0.1) is 10.4 Å². The smallest absolute Gasteiger partial charge is 0.263 e. The molecule has 2 aromatic heterocycles. The van der Waals surface area contributed by atoms with Crippen LogP contribution in [0.15, 0.2) is 18.5 Å². The molecule has 0 aliphatic heterocycles. The zero-order chi connectivity index (χ0) is 13.7. The van der Waals surface area contributed by atoms with E-state index in [2.05, 4.69) is 10.3 Å². The van der Waals surface area contributed by atoms with E-state index in [-0.39, 0.29) is 5.91 Å². The number of hydrogen-bond donors (Lipinski definition) is 2. The molecule has 0 aromatic carbocycles. The van der Waals surface area contributed by atoms with Crippen LogP contribution in [0, 0.1) is 11.8 Å². The molecule has 20 heavy (non-hydrogen) atoms. The Bertz CT molecular complexity index is 681. The molecule has 2 aliphatic carbocycles. The lowest BCUT2D eigenvalue weighted by Gasteiger charge is -2.22. The molecule has 3 N–H and O–H groups in total. The number of anilines is 1. The summed E-state index contributed by atoms with van der Waals surface area (Å²) in [7, 11) is 0. The van der Waals surface area contributed by atoms with Gasteiger partial charge in [0.15, 0.2) is 0 Å². The standard InChI is InChI=1S/C15H17N3OS/c16-13-10-3-4-17-7-12(10)20-14(13)15(19)18-11-6-8-1-2-9(11)5-8/h3-4,7-9,11H,1-2,5-6,16H2,(H,18,19). The number of aromatic nitrogens is 1. The van der Waals surface area contributed by atoms with Gasteiger partial charge in [-0.1, -0.05) is 6.42 Å². The normalized spacial score (nSPS) is 28.1. The number of nitrogens with zero attached hydrogens (tertiary/aromatic N) is 1. The molecule has 104 valence electrons. The average molecular weight is 287 g/mol. The van der Waals surface area contributed by atoms with Gasteiger partial charge in [0.2, 0.25) is 0 Å². The summed E-state index contributed by atoms with van der Waals surface area (Å²) in [5.74, 6) is 1.50. The van der Waals surface area contributed by atoms with Gasteiger partial charge in [-0.25, -0.2) is 0 Å². The van der Waals surface area contributed by atoms with Gasteiger partial charge in [0, 0.05) is 23.8 Å². The van der Waals surface area contributed by atoms with Gasteiger partial charge >= 0.3 is 0 Å². The van der Waals surface area contributed by atoms with Gasteiger partial charge in [0.25, 0.3) is 5.91 Å². The van der Waals surface area contributed by atoms with Crippen LogP contribution in [0.25, 0.3) is 10.1 Å². The van der Waals surface area contributed by atoms with E-state index in [0.29, 0.717) is 22.5 Å². The molecule has 4 nitrogen and oxygen atoms in total. The van der Waals surface area contributed by atoms with Crippen molar-refractivity contribution in [2.24, 2.45) is 11.8 Å². The zero-order valence-corrected chi connectivity index (χ0v) is 12.0. The van der Waals surface area contributed by atoms with Crippen molar-refractivity contribution >= 4 is 33.0 Å². The third-order valence-corrected chi connectivity index (χ3v) is 5.95. The van der Waals surface area contributed by atoms with Crippen LogP contribution in [0.2, 0.25) is 0 Å². The molecule has 3 atom stereocenters. The number of nitrogens with two attached hydrogens (primary N) is 1. The van der Waals surface area contributed by atoms with Crippen molar-refractivity contribution in [2.45, 2.75) is 31.7 Å². The van der Waals surface area contributed by atoms with Crippen LogP contribution in [0.3, 0.4) is 0 Å². The molecule has 2 aliphatic rings. The highest BCUT2D eigenvalue weighted by Gasteiger charge is 2.40. The number of fused-ring (bicyclic) bond motifs is 3. The Labute approximate surface area is 121 Å². The molecular formula is C15H17N3OS. The predicted molar refractivity (Wildman–Crippen MR) is 80.7 cm³/mol. The lowest BCUT2D eigenvalue weighted by molar-refractivity contribution is 0.0928. The number of nitrogen functional groups attached to an aromatic ring is 1. The van der Waals surface area contributed by atoms with Crippen molar-refractivity contribution in [2.75, 3.05) is 5.73 Å². The van der Waals surface area contributed by atoms with Gasteiger partial charge in [-0.05, 0) is 37.2 Å². The second-order valence-electron chi connectivity index (χ2n) is 5.97. The van der Waals surface area contributed by atoms with E-state index in [1.165, 1.54) is 30.6 Å². The second kappa shape index (κ2) is 4.45. The van der Waals surface area contributed by atoms with Crippen molar-refractivity contribution < 1.29 is 4.79 Å². The summed E-state index contributed by atoms with van der Waals surface area (Å²) in [4.78, 5) is 17.2. The first-order valence-corrected chi connectivity index (χ1v) is 7.97. The van der Waals surface area contributed by atoms with Crippen LogP contribution in [0.1, 0.15) is 35.4 Å². The average Bonchev–Trinajstić information content (AvgIpc) is 3.14. The largest absolute Gasteiger partial charge is 0.397 e. The third kappa shape index (κ3) is 1.80. The first-order valence-electron chi connectivity index (χ1n) is 7.15. The number of carbonyl (C=O) groups is 1. The molecule has 4 rings (SSSR count). The van der Waals surface area contributed by atoms with Gasteiger partial charge in [0.1, 0.15) is 4.88 Å². The SMILES string of the molecule is Nc1c(C(=O)NC2CC3CCC2C3)sc2cnccc12. The lowest BCUT2D eigenvalue weighted by Crippen LogP contribution is -2.38. The minimum absolute atomic E-state index is 0.0127. The van der Waals surface area contributed by atoms with Gasteiger partial charge in [-0.15, -0.1) is 11.3 Å². The summed E-state index contributed by atoms with van der Waals surface area (Å²) >= 11 is 1.44. The van der Waals surface area contributed by atoms with Crippen LogP contribution in [-0.4, -0.2) is 16.9 Å². The third-order valence-electron chi connectivity index (χ3n) is 4.79. The molecule has 2 saturated carbocycles. The number of pyridine rings is 1. The summed E-state index contributed by atoms with van der Waals surface area (Å²) in [5.41, 5.74) is 6.70. The molecule has 0 radical (unpaired) electrons. The van der Waals surface area contributed by atoms with Crippen molar-refractivity contribution in [1.82, 2.24) is 10.3 Å². The second-order valence-corrected chi connectivity index (χ2v) is 7.02. The molecule has 2 aromatic rings. The number of carbonyl (C=O) groups excluding carboxylic acids is 1. The summed E-state index contributed by atoms with van der Waals surface area (Å²) < 4.78 is 0.975. The van der Waals surface area contributed by atoms with Crippen molar-refractivity contribution in [1.29, 1.82) is 0 Å². The maximum absolute atomic E-state index is 12.5. The predicted octanol–water partition coefficient (Wildman–Crippen LogP) is 2.80. The highest BCUT2D eigenvalue weighted by molar-refractivity contribution is 7.21. The molecular weight excluding hydrogens is 270 g/mol. The Morgan fingerprint density at radius 3 is 3.00 bits per heavy atom. The van der Waals surface area contributed by atoms with E-state index in [1.54, 1.807) is 12.4 Å². The maximum atomic E-state index is 12.5. The highest BCUT2D eigenvalue weighted by Crippen LogP contribution is 2.44. The molecule has 2 fully saturated rings. The Morgan fingerprint density at radius 1 is 1.40 bits per heavy atom. The fourth-order valence-corrected chi connectivity index (χ4v) is 4.79. The Hall–Kier alpha value is -1.62. The van der Waals surface area contributed by atoms with Crippen LogP contribution in [0.4, 0.5) is 5.69 Å². The highest BCUT2D eigenvalue weighted by atomic mass is 32.1. The Morgan fingerprint density at radius 2 is 2.30 bits per heavy atom. The van der Waals surface area contributed by atoms with Gasteiger partial charge < -0.3 is 11.1 Å². The van der Waals surface area contributed by atoms with Crippen LogP contribution in [-0.2, 0) is 0 Å². The van der Waals surface area contributed by atoms with Gasteiger partial charge in [-0.2, -0.15) is 0 Å². The van der Waals surface area contributed by atoms with Crippen molar-refractivity contribution in [3.63, 3.8) is 0 Å². The summed E-state index contributed by atoms with van der Waals surface area (Å²) in [6.07, 6.45) is 8.52. The topological polar surface area (TPSA) is 68.0 Å². The van der Waals surface area contributed by atoms with Crippen LogP contribution >= 0.6 is 11.3 Å². The number of nitrogens with one attached hydrogen (secondary N) is 1. The van der Waals surface area contributed by atoms with Gasteiger partial charge in [-0.3, -0.25) is 9.78 Å². The van der Waals surface area contributed by atoms with Crippen molar-refractivity contribution in [3.05, 3.63) is 23.3 Å². The fraction of sp³-hybridized carbons (Fsp3) is 0.467. The molecule has 5 heteroatoms. The van der Waals surface area contributed by atoms with E-state index < -0.39 is 0 Å². The first kappa shape index (κ1) is 12.1. The number of hydrogen-bond acceptors (Lipinski definition) is 4. The number of amides is 1. The molecule has 2 bridgehead atoms. The Kier molecular flexibility index (Phi) is 2.70. The lowest BCUT2D eigenvalue weighted by atomic mass is 9.95. The number of rotatable bonds is 2. The minimum Gasteiger partial charge on any atom is -0.397 e. The summed E-state index contributed by atoms with van der Waals surface area (Å²) in [6.45, 7) is 0. The van der Waals surface area contributed by atoms with Crippen LogP contribution in [0.5, 0.6) is 0 Å². The quantitative estimate of drug-likeness (QED) is 0.892. The molecule has 3 unspecified atom stereocenters. The molecule has 0 saturated heterocycles. The molecule has 2 heterocycles. The molecule has 0 spiro atoms.